The molecule has 108 valence electrons. The number of piperidine rings is 1. The van der Waals surface area contributed by atoms with Gasteiger partial charge in [-0.3, -0.25) is 15.1 Å². The highest BCUT2D eigenvalue weighted by molar-refractivity contribution is 9.10. The molecule has 2 atom stereocenters. The number of anilines is 1. The van der Waals surface area contributed by atoms with Gasteiger partial charge in [-0.1, -0.05) is 0 Å². The van der Waals surface area contributed by atoms with E-state index < -0.39 is 0 Å². The fraction of sp³-hybridized carbons (Fsp3) is 0.615. The number of aromatic nitrogens is 1. The molecule has 1 N–H and O–H groups in total. The van der Waals surface area contributed by atoms with E-state index in [-0.39, 0.29) is 10.6 Å². The third kappa shape index (κ3) is 2.40. The van der Waals surface area contributed by atoms with Crippen LogP contribution < -0.4 is 10.2 Å². The lowest BCUT2D eigenvalue weighted by Gasteiger charge is -2.36. The molecule has 2 bridgehead atoms. The predicted octanol–water partition coefficient (Wildman–Crippen LogP) is 2.47. The summed E-state index contributed by atoms with van der Waals surface area (Å²) in [5, 5.41) is 14.8. The Morgan fingerprint density at radius 2 is 2.05 bits per heavy atom. The van der Waals surface area contributed by atoms with Crippen molar-refractivity contribution in [2.75, 3.05) is 11.9 Å². The lowest BCUT2D eigenvalue weighted by Crippen LogP contribution is -2.47. The van der Waals surface area contributed by atoms with Crippen molar-refractivity contribution < 1.29 is 4.92 Å². The Hall–Kier alpha value is -1.21. The second-order valence-corrected chi connectivity index (χ2v) is 6.47. The Balaban J connectivity index is 1.90. The summed E-state index contributed by atoms with van der Waals surface area (Å²) in [5.41, 5.74) is 0.698. The van der Waals surface area contributed by atoms with Crippen molar-refractivity contribution in [3.05, 3.63) is 27.0 Å². The van der Waals surface area contributed by atoms with Crippen LogP contribution in [0.25, 0.3) is 0 Å². The molecule has 20 heavy (non-hydrogen) atoms. The molecule has 2 fully saturated rings. The second-order valence-electron chi connectivity index (χ2n) is 5.62. The molecule has 3 heterocycles. The summed E-state index contributed by atoms with van der Waals surface area (Å²) in [6, 6.07) is 1.45. The molecular weight excluding hydrogens is 324 g/mol. The molecule has 7 heteroatoms. The summed E-state index contributed by atoms with van der Waals surface area (Å²) < 4.78 is 0.681. The molecule has 6 nitrogen and oxygen atoms in total. The minimum atomic E-state index is -0.362. The molecule has 1 aromatic heterocycles. The lowest BCUT2D eigenvalue weighted by molar-refractivity contribution is -0.384. The molecule has 1 aromatic rings. The topological polar surface area (TPSA) is 71.3 Å². The average Bonchev–Trinajstić information content (AvgIpc) is 2.76. The van der Waals surface area contributed by atoms with Crippen LogP contribution in [0.5, 0.6) is 0 Å². The first kappa shape index (κ1) is 13.8. The summed E-state index contributed by atoms with van der Waals surface area (Å²) >= 11 is 3.40. The van der Waals surface area contributed by atoms with E-state index in [0.717, 1.165) is 12.8 Å². The van der Waals surface area contributed by atoms with E-state index in [1.54, 1.807) is 6.20 Å². The number of nitro groups is 1. The maximum atomic E-state index is 11.2. The van der Waals surface area contributed by atoms with E-state index in [9.17, 15) is 10.1 Å². The number of pyridine rings is 1. The van der Waals surface area contributed by atoms with Crippen molar-refractivity contribution in [1.29, 1.82) is 0 Å². The Labute approximate surface area is 125 Å². The van der Waals surface area contributed by atoms with Gasteiger partial charge in [-0.05, 0) is 41.6 Å². The number of nitrogens with one attached hydrogen (secondary N) is 1. The van der Waals surface area contributed by atoms with Gasteiger partial charge < -0.3 is 10.2 Å². The highest BCUT2D eigenvalue weighted by atomic mass is 79.9. The molecule has 0 amide bonds. The molecule has 0 saturated carbocycles. The van der Waals surface area contributed by atoms with Crippen LogP contribution in [0.3, 0.4) is 0 Å². The van der Waals surface area contributed by atoms with E-state index in [1.807, 2.05) is 7.05 Å². The number of nitrogens with zero attached hydrogens (tertiary/aromatic N) is 3. The molecule has 2 saturated heterocycles. The third-order valence-electron chi connectivity index (χ3n) is 4.40. The van der Waals surface area contributed by atoms with Gasteiger partial charge in [0.15, 0.2) is 0 Å². The molecule has 0 radical (unpaired) electrons. The maximum absolute atomic E-state index is 11.2. The van der Waals surface area contributed by atoms with E-state index in [1.165, 1.54) is 19.0 Å². The normalized spacial score (nSPS) is 28.4. The number of rotatable bonds is 3. The van der Waals surface area contributed by atoms with Crippen molar-refractivity contribution >= 4 is 27.3 Å². The van der Waals surface area contributed by atoms with Gasteiger partial charge in [0.1, 0.15) is 11.9 Å². The molecule has 2 unspecified atom stereocenters. The summed E-state index contributed by atoms with van der Waals surface area (Å²) in [7, 11) is 1.95. The van der Waals surface area contributed by atoms with Crippen LogP contribution in [0.15, 0.2) is 16.9 Å². The summed E-state index contributed by atoms with van der Waals surface area (Å²) in [6.45, 7) is 0. The number of fused-ring (bicyclic) bond motifs is 2. The van der Waals surface area contributed by atoms with Gasteiger partial charge in [-0.25, -0.2) is 0 Å². The zero-order valence-corrected chi connectivity index (χ0v) is 12.8. The minimum Gasteiger partial charge on any atom is -0.365 e. The van der Waals surface area contributed by atoms with E-state index >= 15 is 0 Å². The fourth-order valence-electron chi connectivity index (χ4n) is 3.43. The zero-order chi connectivity index (χ0) is 14.3. The standard InChI is InChI=1S/C13H17BrN4O2/c1-17(10-4-8-2-3-9(5-10)16-8)13-11(14)6-15-7-12(13)18(19)20/h6-10,16H,2-5H2,1H3. The van der Waals surface area contributed by atoms with Crippen LogP contribution in [0.2, 0.25) is 0 Å². The molecule has 2 aliphatic heterocycles. The van der Waals surface area contributed by atoms with Crippen molar-refractivity contribution in [1.82, 2.24) is 10.3 Å². The zero-order valence-electron chi connectivity index (χ0n) is 11.3. The monoisotopic (exact) mass is 340 g/mol. The lowest BCUT2D eigenvalue weighted by atomic mass is 9.98. The Morgan fingerprint density at radius 3 is 2.65 bits per heavy atom. The minimum absolute atomic E-state index is 0.0627. The smallest absolute Gasteiger partial charge is 0.311 e. The van der Waals surface area contributed by atoms with E-state index in [4.69, 9.17) is 0 Å². The van der Waals surface area contributed by atoms with E-state index in [0.29, 0.717) is 28.3 Å². The van der Waals surface area contributed by atoms with Gasteiger partial charge in [0.2, 0.25) is 0 Å². The van der Waals surface area contributed by atoms with Crippen molar-refractivity contribution in [3.63, 3.8) is 0 Å². The predicted molar refractivity (Wildman–Crippen MR) is 80.0 cm³/mol. The number of hydrogen-bond donors (Lipinski definition) is 1. The first-order valence-corrected chi connectivity index (χ1v) is 7.62. The van der Waals surface area contributed by atoms with Crippen LogP contribution in [0.1, 0.15) is 25.7 Å². The Kier molecular flexibility index (Phi) is 3.64. The fourth-order valence-corrected chi connectivity index (χ4v) is 4.03. The third-order valence-corrected chi connectivity index (χ3v) is 4.98. The van der Waals surface area contributed by atoms with Gasteiger partial charge in [0, 0.05) is 31.4 Å². The summed E-state index contributed by atoms with van der Waals surface area (Å²) in [5.74, 6) is 0. The van der Waals surface area contributed by atoms with Crippen molar-refractivity contribution in [2.45, 2.75) is 43.8 Å². The van der Waals surface area contributed by atoms with E-state index in [2.05, 4.69) is 31.1 Å². The molecule has 2 aliphatic rings. The second kappa shape index (κ2) is 5.29. The van der Waals surface area contributed by atoms with Crippen molar-refractivity contribution in [2.24, 2.45) is 0 Å². The van der Waals surface area contributed by atoms with Crippen molar-refractivity contribution in [3.8, 4) is 0 Å². The van der Waals surface area contributed by atoms with Crippen LogP contribution >= 0.6 is 15.9 Å². The van der Waals surface area contributed by atoms with Crippen LogP contribution in [-0.2, 0) is 0 Å². The maximum Gasteiger partial charge on any atom is 0.311 e. The Bertz CT molecular complexity index is 527. The van der Waals surface area contributed by atoms with Gasteiger partial charge in [0.05, 0.1) is 9.40 Å². The SMILES string of the molecule is CN(c1c(Br)cncc1[N+](=O)[O-])C1CC2CCC(C1)N2. The quantitative estimate of drug-likeness (QED) is 0.676. The molecule has 3 rings (SSSR count). The van der Waals surface area contributed by atoms with Gasteiger partial charge in [-0.15, -0.1) is 0 Å². The average molecular weight is 341 g/mol. The van der Waals surface area contributed by atoms with Gasteiger partial charge in [0.25, 0.3) is 0 Å². The highest BCUT2D eigenvalue weighted by Gasteiger charge is 2.37. The van der Waals surface area contributed by atoms with Gasteiger partial charge in [-0.2, -0.15) is 0 Å². The first-order valence-electron chi connectivity index (χ1n) is 6.83. The number of hydrogen-bond acceptors (Lipinski definition) is 5. The van der Waals surface area contributed by atoms with Crippen LogP contribution in [0, 0.1) is 10.1 Å². The highest BCUT2D eigenvalue weighted by Crippen LogP contribution is 2.38. The summed E-state index contributed by atoms with van der Waals surface area (Å²) in [4.78, 5) is 16.8. The molecule has 0 aromatic carbocycles. The summed E-state index contributed by atoms with van der Waals surface area (Å²) in [6.07, 6.45) is 7.46. The van der Waals surface area contributed by atoms with Crippen LogP contribution in [-0.4, -0.2) is 35.1 Å². The molecule has 0 spiro atoms. The largest absolute Gasteiger partial charge is 0.365 e. The molecule has 0 aliphatic carbocycles. The van der Waals surface area contributed by atoms with Crippen LogP contribution in [0.4, 0.5) is 11.4 Å². The molecular formula is C13H17BrN4O2. The van der Waals surface area contributed by atoms with Gasteiger partial charge >= 0.3 is 5.69 Å². The Morgan fingerprint density at radius 1 is 1.40 bits per heavy atom. The number of halogens is 1. The first-order chi connectivity index (χ1) is 9.56.